The van der Waals surface area contributed by atoms with Crippen LogP contribution in [0.2, 0.25) is 0 Å². The van der Waals surface area contributed by atoms with Crippen LogP contribution in [-0.4, -0.2) is 6.61 Å². The molecule has 1 rings (SSSR count). The summed E-state index contributed by atoms with van der Waals surface area (Å²) in [6.45, 7) is 2.36. The molecular formula is C10H13FO. The average Bonchev–Trinajstić information content (AvgIpc) is 2.15. The molecule has 0 bridgehead atoms. The fourth-order valence-electron chi connectivity index (χ4n) is 0.895. The summed E-state index contributed by atoms with van der Waals surface area (Å²) in [5, 5.41) is 0. The Balaban J connectivity index is 2.53. The third-order valence-corrected chi connectivity index (χ3v) is 1.55. The molecule has 2 heteroatoms. The number of hydrogen-bond acceptors (Lipinski definition) is 1. The molecule has 0 amide bonds. The lowest BCUT2D eigenvalue weighted by molar-refractivity contribution is 0.317. The van der Waals surface area contributed by atoms with E-state index in [4.69, 9.17) is 4.74 Å². The Morgan fingerprint density at radius 3 is 2.42 bits per heavy atom. The Labute approximate surface area is 72.2 Å². The number of ether oxygens (including phenoxy) is 1. The molecule has 0 N–H and O–H groups in total. The quantitative estimate of drug-likeness (QED) is 0.671. The van der Waals surface area contributed by atoms with Gasteiger partial charge in [0.05, 0.1) is 6.61 Å². The first-order valence-electron chi connectivity index (χ1n) is 4.14. The number of hydrogen-bond donors (Lipinski definition) is 0. The van der Waals surface area contributed by atoms with Gasteiger partial charge in [-0.2, -0.15) is 0 Å². The Morgan fingerprint density at radius 2 is 1.92 bits per heavy atom. The van der Waals surface area contributed by atoms with Gasteiger partial charge < -0.3 is 4.74 Å². The van der Waals surface area contributed by atoms with Crippen molar-refractivity contribution in [2.24, 2.45) is 0 Å². The zero-order valence-electron chi connectivity index (χ0n) is 7.22. The maximum absolute atomic E-state index is 12.1. The topological polar surface area (TPSA) is 9.23 Å². The van der Waals surface area contributed by atoms with Gasteiger partial charge in [-0.25, -0.2) is 4.39 Å². The van der Waals surface area contributed by atoms with Crippen molar-refractivity contribution in [2.75, 3.05) is 6.61 Å². The molecule has 0 spiro atoms. The predicted octanol–water partition coefficient (Wildman–Crippen LogP) is 2.94. The second-order valence-electron chi connectivity index (χ2n) is 2.63. The van der Waals surface area contributed by atoms with Crippen LogP contribution in [0.15, 0.2) is 24.3 Å². The van der Waals surface area contributed by atoms with Gasteiger partial charge in [0.2, 0.25) is 0 Å². The van der Waals surface area contributed by atoms with Crippen molar-refractivity contribution in [3.05, 3.63) is 29.8 Å². The average molecular weight is 168 g/mol. The van der Waals surface area contributed by atoms with Gasteiger partial charge in [0.1, 0.15) is 12.4 Å². The van der Waals surface area contributed by atoms with Crippen molar-refractivity contribution in [3.8, 4) is 5.75 Å². The van der Waals surface area contributed by atoms with E-state index in [1.807, 2.05) is 0 Å². The summed E-state index contributed by atoms with van der Waals surface area (Å²) >= 11 is 0. The van der Waals surface area contributed by atoms with Gasteiger partial charge in [-0.05, 0) is 24.1 Å². The summed E-state index contributed by atoms with van der Waals surface area (Å²) in [6.07, 6.45) is 0.991. The number of rotatable bonds is 4. The van der Waals surface area contributed by atoms with E-state index < -0.39 is 6.67 Å². The van der Waals surface area contributed by atoms with E-state index in [-0.39, 0.29) is 0 Å². The van der Waals surface area contributed by atoms with E-state index in [1.165, 1.54) is 0 Å². The van der Waals surface area contributed by atoms with Gasteiger partial charge in [-0.3, -0.25) is 0 Å². The van der Waals surface area contributed by atoms with Gasteiger partial charge in [0, 0.05) is 0 Å². The van der Waals surface area contributed by atoms with Crippen molar-refractivity contribution in [3.63, 3.8) is 0 Å². The molecular weight excluding hydrogens is 155 g/mol. The highest BCUT2D eigenvalue weighted by Gasteiger charge is 1.93. The fourth-order valence-corrected chi connectivity index (χ4v) is 0.895. The first-order chi connectivity index (χ1) is 5.86. The summed E-state index contributed by atoms with van der Waals surface area (Å²) in [4.78, 5) is 0. The molecule has 66 valence electrons. The van der Waals surface area contributed by atoms with Gasteiger partial charge in [-0.15, -0.1) is 0 Å². The monoisotopic (exact) mass is 168 g/mol. The van der Waals surface area contributed by atoms with Crippen molar-refractivity contribution < 1.29 is 9.13 Å². The SMILES string of the molecule is CCCOc1ccc(CF)cc1. The maximum atomic E-state index is 12.1. The van der Waals surface area contributed by atoms with Crippen LogP contribution >= 0.6 is 0 Å². The summed E-state index contributed by atoms with van der Waals surface area (Å²) in [6, 6.07) is 7.07. The first-order valence-corrected chi connectivity index (χ1v) is 4.14. The minimum atomic E-state index is -0.409. The van der Waals surface area contributed by atoms with Gasteiger partial charge in [0.15, 0.2) is 0 Å². The molecule has 0 radical (unpaired) electrons. The van der Waals surface area contributed by atoms with E-state index in [0.717, 1.165) is 18.8 Å². The largest absolute Gasteiger partial charge is 0.494 e. The molecule has 1 aromatic rings. The van der Waals surface area contributed by atoms with E-state index in [1.54, 1.807) is 24.3 Å². The van der Waals surface area contributed by atoms with E-state index >= 15 is 0 Å². The number of halogens is 1. The number of benzene rings is 1. The van der Waals surface area contributed by atoms with E-state index in [9.17, 15) is 4.39 Å². The normalized spacial score (nSPS) is 9.83. The van der Waals surface area contributed by atoms with Crippen LogP contribution in [0, 0.1) is 0 Å². The first kappa shape index (κ1) is 9.04. The molecule has 0 unspecified atom stereocenters. The van der Waals surface area contributed by atoms with Gasteiger partial charge >= 0.3 is 0 Å². The molecule has 0 heterocycles. The highest BCUT2D eigenvalue weighted by molar-refractivity contribution is 5.26. The molecule has 0 atom stereocenters. The van der Waals surface area contributed by atoms with Crippen LogP contribution in [0.25, 0.3) is 0 Å². The molecule has 0 aromatic heterocycles. The zero-order valence-corrected chi connectivity index (χ0v) is 7.22. The highest BCUT2D eigenvalue weighted by atomic mass is 19.1. The summed E-state index contributed by atoms with van der Waals surface area (Å²) in [5.41, 5.74) is 0.693. The molecule has 12 heavy (non-hydrogen) atoms. The van der Waals surface area contributed by atoms with Crippen LogP contribution in [0.4, 0.5) is 4.39 Å². The minimum absolute atomic E-state index is 0.409. The van der Waals surface area contributed by atoms with E-state index in [0.29, 0.717) is 5.56 Å². The standard InChI is InChI=1S/C10H13FO/c1-2-7-12-10-5-3-9(8-11)4-6-10/h3-6H,2,7-8H2,1H3. The van der Waals surface area contributed by atoms with Crippen LogP contribution in [0.5, 0.6) is 5.75 Å². The third kappa shape index (κ3) is 2.53. The Kier molecular flexibility index (Phi) is 3.58. The smallest absolute Gasteiger partial charge is 0.119 e. The molecule has 0 saturated heterocycles. The second-order valence-corrected chi connectivity index (χ2v) is 2.63. The highest BCUT2D eigenvalue weighted by Crippen LogP contribution is 2.12. The number of alkyl halides is 1. The predicted molar refractivity (Wildman–Crippen MR) is 47.0 cm³/mol. The van der Waals surface area contributed by atoms with Gasteiger partial charge in [0.25, 0.3) is 0 Å². The fraction of sp³-hybridized carbons (Fsp3) is 0.400. The molecule has 0 saturated carbocycles. The molecule has 0 aliphatic carbocycles. The van der Waals surface area contributed by atoms with Crippen molar-refractivity contribution in [2.45, 2.75) is 20.0 Å². The Morgan fingerprint density at radius 1 is 1.25 bits per heavy atom. The lowest BCUT2D eigenvalue weighted by Crippen LogP contribution is -1.94. The van der Waals surface area contributed by atoms with Crippen molar-refractivity contribution in [1.82, 2.24) is 0 Å². The van der Waals surface area contributed by atoms with Gasteiger partial charge in [-0.1, -0.05) is 19.1 Å². The lowest BCUT2D eigenvalue weighted by Gasteiger charge is -2.03. The minimum Gasteiger partial charge on any atom is -0.494 e. The molecule has 1 aromatic carbocycles. The molecule has 0 fully saturated rings. The Hall–Kier alpha value is -1.05. The molecule has 0 aliphatic heterocycles. The summed E-state index contributed by atoms with van der Waals surface area (Å²) in [5.74, 6) is 0.814. The third-order valence-electron chi connectivity index (χ3n) is 1.55. The van der Waals surface area contributed by atoms with Crippen molar-refractivity contribution >= 4 is 0 Å². The second kappa shape index (κ2) is 4.75. The van der Waals surface area contributed by atoms with Crippen LogP contribution < -0.4 is 4.74 Å². The lowest BCUT2D eigenvalue weighted by atomic mass is 10.2. The maximum Gasteiger partial charge on any atom is 0.119 e. The van der Waals surface area contributed by atoms with Crippen LogP contribution in [0.1, 0.15) is 18.9 Å². The van der Waals surface area contributed by atoms with Crippen LogP contribution in [0.3, 0.4) is 0 Å². The summed E-state index contributed by atoms with van der Waals surface area (Å²) in [7, 11) is 0. The molecule has 1 nitrogen and oxygen atoms in total. The summed E-state index contributed by atoms with van der Waals surface area (Å²) < 4.78 is 17.4. The molecule has 0 aliphatic rings. The van der Waals surface area contributed by atoms with Crippen LogP contribution in [-0.2, 0) is 6.67 Å². The zero-order chi connectivity index (χ0) is 8.81. The van der Waals surface area contributed by atoms with E-state index in [2.05, 4.69) is 6.92 Å². The van der Waals surface area contributed by atoms with Crippen molar-refractivity contribution in [1.29, 1.82) is 0 Å². The Bertz CT molecular complexity index is 218.